The van der Waals surface area contributed by atoms with E-state index in [0.29, 0.717) is 0 Å². The van der Waals surface area contributed by atoms with Crippen LogP contribution in [0.4, 0.5) is 0 Å². The molecule has 1 aliphatic rings. The van der Waals surface area contributed by atoms with E-state index >= 15 is 0 Å². The van der Waals surface area contributed by atoms with Gasteiger partial charge in [0.25, 0.3) is 0 Å². The Morgan fingerprint density at radius 1 is 0.857 bits per heavy atom. The molecule has 0 nitrogen and oxygen atoms in total. The van der Waals surface area contributed by atoms with Crippen molar-refractivity contribution in [2.45, 2.75) is 60.3 Å². The van der Waals surface area contributed by atoms with Gasteiger partial charge in [0.05, 0.1) is 0 Å². The van der Waals surface area contributed by atoms with Gasteiger partial charge in [-0.2, -0.15) is 0 Å². The average molecular weight is 196 g/mol. The summed E-state index contributed by atoms with van der Waals surface area (Å²) in [7, 11) is 0. The standard InChI is InChI=1S/C14H28/c1-10(2)14-8-6-7-11(3)12(4)9-13(14)5/h10-14H,6-9H2,1-5H3. The molecule has 1 aliphatic carbocycles. The van der Waals surface area contributed by atoms with Crippen molar-refractivity contribution in [3.8, 4) is 0 Å². The van der Waals surface area contributed by atoms with Gasteiger partial charge >= 0.3 is 0 Å². The Hall–Kier alpha value is 0. The van der Waals surface area contributed by atoms with Gasteiger partial charge in [0.1, 0.15) is 0 Å². The van der Waals surface area contributed by atoms with Crippen molar-refractivity contribution in [3.63, 3.8) is 0 Å². The third-order valence-corrected chi connectivity index (χ3v) is 4.50. The third-order valence-electron chi connectivity index (χ3n) is 4.50. The largest absolute Gasteiger partial charge is 0.0625 e. The van der Waals surface area contributed by atoms with Crippen molar-refractivity contribution in [1.82, 2.24) is 0 Å². The zero-order chi connectivity index (χ0) is 10.7. The summed E-state index contributed by atoms with van der Waals surface area (Å²) < 4.78 is 0. The summed E-state index contributed by atoms with van der Waals surface area (Å²) in [5, 5.41) is 0. The molecule has 4 unspecified atom stereocenters. The Balaban J connectivity index is 2.58. The zero-order valence-corrected chi connectivity index (χ0v) is 10.7. The molecule has 0 aliphatic heterocycles. The number of rotatable bonds is 1. The predicted octanol–water partition coefficient (Wildman–Crippen LogP) is 4.74. The maximum atomic E-state index is 2.47. The molecule has 84 valence electrons. The average Bonchev–Trinajstić information content (AvgIpc) is 2.09. The molecular formula is C14H28. The summed E-state index contributed by atoms with van der Waals surface area (Å²) in [5.41, 5.74) is 0. The van der Waals surface area contributed by atoms with E-state index < -0.39 is 0 Å². The SMILES string of the molecule is CC(C)C1CCCC(C)C(C)CC1C. The molecule has 1 fully saturated rings. The lowest BCUT2D eigenvalue weighted by molar-refractivity contribution is 0.162. The van der Waals surface area contributed by atoms with Crippen LogP contribution in [0.1, 0.15) is 60.3 Å². The Kier molecular flexibility index (Phi) is 4.47. The van der Waals surface area contributed by atoms with Crippen LogP contribution >= 0.6 is 0 Å². The Morgan fingerprint density at radius 3 is 2.07 bits per heavy atom. The maximum absolute atomic E-state index is 2.47. The van der Waals surface area contributed by atoms with Crippen molar-refractivity contribution >= 4 is 0 Å². The molecule has 4 atom stereocenters. The summed E-state index contributed by atoms with van der Waals surface area (Å²) in [6.07, 6.45) is 5.83. The molecule has 0 aromatic carbocycles. The van der Waals surface area contributed by atoms with Crippen molar-refractivity contribution in [2.75, 3.05) is 0 Å². The summed E-state index contributed by atoms with van der Waals surface area (Å²) in [4.78, 5) is 0. The quantitative estimate of drug-likeness (QED) is 0.568. The van der Waals surface area contributed by atoms with Gasteiger partial charge in [0.15, 0.2) is 0 Å². The lowest BCUT2D eigenvalue weighted by Crippen LogP contribution is -2.24. The zero-order valence-electron chi connectivity index (χ0n) is 10.7. The van der Waals surface area contributed by atoms with Crippen LogP contribution in [0.3, 0.4) is 0 Å². The minimum absolute atomic E-state index is 0.880. The molecule has 0 saturated heterocycles. The summed E-state index contributed by atoms with van der Waals surface area (Å²) in [5.74, 6) is 4.68. The first-order valence-corrected chi connectivity index (χ1v) is 6.52. The fraction of sp³-hybridized carbons (Fsp3) is 1.00. The van der Waals surface area contributed by atoms with E-state index in [2.05, 4.69) is 34.6 Å². The van der Waals surface area contributed by atoms with Gasteiger partial charge in [0, 0.05) is 0 Å². The second-order valence-corrected chi connectivity index (χ2v) is 6.01. The van der Waals surface area contributed by atoms with Crippen LogP contribution in [0, 0.1) is 29.6 Å². The van der Waals surface area contributed by atoms with Crippen molar-refractivity contribution < 1.29 is 0 Å². The molecular weight excluding hydrogens is 168 g/mol. The number of hydrogen-bond donors (Lipinski definition) is 0. The van der Waals surface area contributed by atoms with E-state index in [9.17, 15) is 0 Å². The van der Waals surface area contributed by atoms with Crippen LogP contribution in [-0.4, -0.2) is 0 Å². The van der Waals surface area contributed by atoms with Crippen LogP contribution in [0.5, 0.6) is 0 Å². The highest BCUT2D eigenvalue weighted by atomic mass is 14.3. The van der Waals surface area contributed by atoms with Crippen LogP contribution in [0.2, 0.25) is 0 Å². The van der Waals surface area contributed by atoms with Gasteiger partial charge in [-0.15, -0.1) is 0 Å². The smallest absolute Gasteiger partial charge is 0.0365 e. The highest BCUT2D eigenvalue weighted by Gasteiger charge is 2.26. The monoisotopic (exact) mass is 196 g/mol. The molecule has 1 rings (SSSR count). The fourth-order valence-corrected chi connectivity index (χ4v) is 3.23. The highest BCUT2D eigenvalue weighted by molar-refractivity contribution is 4.77. The lowest BCUT2D eigenvalue weighted by atomic mass is 9.71. The molecule has 0 spiro atoms. The summed E-state index contributed by atoms with van der Waals surface area (Å²) >= 11 is 0. The van der Waals surface area contributed by atoms with Crippen LogP contribution in [0.15, 0.2) is 0 Å². The molecule has 0 N–H and O–H groups in total. The normalized spacial score (nSPS) is 40.7. The molecule has 0 heteroatoms. The fourth-order valence-electron chi connectivity index (χ4n) is 3.23. The Morgan fingerprint density at radius 2 is 1.50 bits per heavy atom. The predicted molar refractivity (Wildman–Crippen MR) is 64.3 cm³/mol. The van der Waals surface area contributed by atoms with Crippen LogP contribution in [-0.2, 0) is 0 Å². The molecule has 14 heavy (non-hydrogen) atoms. The van der Waals surface area contributed by atoms with Gasteiger partial charge in [0.2, 0.25) is 0 Å². The van der Waals surface area contributed by atoms with E-state index in [1.165, 1.54) is 25.7 Å². The lowest BCUT2D eigenvalue weighted by Gasteiger charge is -2.34. The molecule has 0 aromatic heterocycles. The summed E-state index contributed by atoms with van der Waals surface area (Å²) in [6, 6.07) is 0. The first kappa shape index (κ1) is 12.1. The molecule has 0 radical (unpaired) electrons. The Labute approximate surface area is 90.5 Å². The maximum Gasteiger partial charge on any atom is -0.0365 e. The molecule has 0 aromatic rings. The third kappa shape index (κ3) is 3.00. The van der Waals surface area contributed by atoms with E-state index in [1.54, 1.807) is 0 Å². The van der Waals surface area contributed by atoms with Gasteiger partial charge in [-0.1, -0.05) is 47.5 Å². The van der Waals surface area contributed by atoms with Crippen LogP contribution < -0.4 is 0 Å². The first-order chi connectivity index (χ1) is 6.52. The summed E-state index contributed by atoms with van der Waals surface area (Å²) in [6.45, 7) is 12.2. The first-order valence-electron chi connectivity index (χ1n) is 6.52. The second kappa shape index (κ2) is 5.19. The minimum atomic E-state index is 0.880. The molecule has 1 saturated carbocycles. The molecule has 0 amide bonds. The van der Waals surface area contributed by atoms with Gasteiger partial charge in [-0.25, -0.2) is 0 Å². The van der Waals surface area contributed by atoms with Gasteiger partial charge in [-0.3, -0.25) is 0 Å². The van der Waals surface area contributed by atoms with Crippen molar-refractivity contribution in [3.05, 3.63) is 0 Å². The van der Waals surface area contributed by atoms with E-state index in [1.807, 2.05) is 0 Å². The highest BCUT2D eigenvalue weighted by Crippen LogP contribution is 2.36. The second-order valence-electron chi connectivity index (χ2n) is 6.01. The van der Waals surface area contributed by atoms with Gasteiger partial charge in [-0.05, 0) is 42.4 Å². The Bertz CT molecular complexity index is 159. The molecule has 0 heterocycles. The van der Waals surface area contributed by atoms with E-state index in [4.69, 9.17) is 0 Å². The minimum Gasteiger partial charge on any atom is -0.0625 e. The van der Waals surface area contributed by atoms with E-state index in [-0.39, 0.29) is 0 Å². The topological polar surface area (TPSA) is 0 Å². The van der Waals surface area contributed by atoms with Crippen molar-refractivity contribution in [1.29, 1.82) is 0 Å². The van der Waals surface area contributed by atoms with Crippen molar-refractivity contribution in [2.24, 2.45) is 29.6 Å². The number of hydrogen-bond acceptors (Lipinski definition) is 0. The van der Waals surface area contributed by atoms with E-state index in [0.717, 1.165) is 29.6 Å². The van der Waals surface area contributed by atoms with Crippen LogP contribution in [0.25, 0.3) is 0 Å². The molecule has 0 bridgehead atoms. The van der Waals surface area contributed by atoms with Gasteiger partial charge < -0.3 is 0 Å².